The first-order valence-electron chi connectivity index (χ1n) is 5.74. The fourth-order valence-electron chi connectivity index (χ4n) is 1.80. The molecule has 19 heavy (non-hydrogen) atoms. The van der Waals surface area contributed by atoms with Gasteiger partial charge in [0.15, 0.2) is 0 Å². The van der Waals surface area contributed by atoms with E-state index in [4.69, 9.17) is 5.73 Å². The van der Waals surface area contributed by atoms with Crippen molar-refractivity contribution in [1.82, 2.24) is 4.72 Å². The van der Waals surface area contributed by atoms with Crippen molar-refractivity contribution in [3.05, 3.63) is 37.7 Å². The van der Waals surface area contributed by atoms with E-state index < -0.39 is 10.0 Å². The van der Waals surface area contributed by atoms with Gasteiger partial charge in [-0.1, -0.05) is 0 Å². The SMILES string of the molecule is Cc1cscc1CNS(=O)(=O)c1c(C)csc1CN. The van der Waals surface area contributed by atoms with Gasteiger partial charge in [-0.05, 0) is 46.7 Å². The lowest BCUT2D eigenvalue weighted by Crippen LogP contribution is -2.24. The van der Waals surface area contributed by atoms with Crippen molar-refractivity contribution in [1.29, 1.82) is 0 Å². The highest BCUT2D eigenvalue weighted by Gasteiger charge is 2.22. The lowest BCUT2D eigenvalue weighted by Gasteiger charge is -2.08. The van der Waals surface area contributed by atoms with Crippen LogP contribution in [0.1, 0.15) is 21.6 Å². The van der Waals surface area contributed by atoms with Gasteiger partial charge in [-0.3, -0.25) is 0 Å². The molecule has 3 N–H and O–H groups in total. The number of nitrogens with one attached hydrogen (secondary N) is 1. The quantitative estimate of drug-likeness (QED) is 0.889. The highest BCUT2D eigenvalue weighted by molar-refractivity contribution is 7.89. The first-order chi connectivity index (χ1) is 8.95. The maximum atomic E-state index is 12.3. The second-order valence-corrected chi connectivity index (χ2v) is 7.69. The Kier molecular flexibility index (Phi) is 4.42. The fourth-order valence-corrected chi connectivity index (χ4v) is 5.36. The second kappa shape index (κ2) is 5.72. The first kappa shape index (κ1) is 14.7. The Morgan fingerprint density at radius 2 is 1.95 bits per heavy atom. The average molecular weight is 316 g/mol. The standard InChI is InChI=1S/C12H16N2O2S3/c1-8-5-17-7-10(8)4-14-19(15,16)12-9(2)6-18-11(12)3-13/h5-7,14H,3-4,13H2,1-2H3. The molecule has 0 spiro atoms. The molecule has 0 unspecified atom stereocenters. The predicted molar refractivity (Wildman–Crippen MR) is 80.0 cm³/mol. The molecule has 0 aliphatic carbocycles. The highest BCUT2D eigenvalue weighted by atomic mass is 32.2. The molecule has 4 nitrogen and oxygen atoms in total. The molecule has 0 aliphatic heterocycles. The molecular weight excluding hydrogens is 300 g/mol. The zero-order chi connectivity index (χ0) is 14.0. The van der Waals surface area contributed by atoms with E-state index in [0.29, 0.717) is 16.3 Å². The molecule has 0 saturated carbocycles. The van der Waals surface area contributed by atoms with E-state index in [1.54, 1.807) is 18.3 Å². The third-order valence-electron chi connectivity index (χ3n) is 2.86. The summed E-state index contributed by atoms with van der Waals surface area (Å²) < 4.78 is 27.3. The summed E-state index contributed by atoms with van der Waals surface area (Å²) in [5.41, 5.74) is 8.46. The molecule has 2 rings (SSSR count). The van der Waals surface area contributed by atoms with Gasteiger partial charge in [0.2, 0.25) is 10.0 Å². The number of aryl methyl sites for hydroxylation is 2. The Bertz CT molecular complexity index is 671. The van der Waals surface area contributed by atoms with Crippen LogP contribution in [-0.4, -0.2) is 8.42 Å². The van der Waals surface area contributed by atoms with Gasteiger partial charge in [0.1, 0.15) is 4.90 Å². The average Bonchev–Trinajstić information content (AvgIpc) is 2.93. The smallest absolute Gasteiger partial charge is 0.242 e. The van der Waals surface area contributed by atoms with Crippen LogP contribution in [-0.2, 0) is 23.1 Å². The van der Waals surface area contributed by atoms with Gasteiger partial charge < -0.3 is 5.73 Å². The Morgan fingerprint density at radius 3 is 2.53 bits per heavy atom. The lowest BCUT2D eigenvalue weighted by atomic mass is 10.2. The van der Waals surface area contributed by atoms with Crippen LogP contribution in [0.25, 0.3) is 0 Å². The third kappa shape index (κ3) is 3.06. The van der Waals surface area contributed by atoms with Crippen molar-refractivity contribution in [2.24, 2.45) is 5.73 Å². The molecule has 0 fully saturated rings. The van der Waals surface area contributed by atoms with E-state index in [-0.39, 0.29) is 6.54 Å². The number of thiophene rings is 2. The number of nitrogens with two attached hydrogens (primary N) is 1. The van der Waals surface area contributed by atoms with Crippen molar-refractivity contribution >= 4 is 32.7 Å². The molecule has 2 aromatic rings. The fraction of sp³-hybridized carbons (Fsp3) is 0.333. The molecule has 0 saturated heterocycles. The summed E-state index contributed by atoms with van der Waals surface area (Å²) in [6.07, 6.45) is 0. The van der Waals surface area contributed by atoms with E-state index in [1.807, 2.05) is 23.1 Å². The van der Waals surface area contributed by atoms with Gasteiger partial charge in [0, 0.05) is 18.0 Å². The highest BCUT2D eigenvalue weighted by Crippen LogP contribution is 2.26. The van der Waals surface area contributed by atoms with Crippen molar-refractivity contribution in [3.63, 3.8) is 0 Å². The molecule has 104 valence electrons. The molecule has 0 bridgehead atoms. The number of rotatable bonds is 5. The summed E-state index contributed by atoms with van der Waals surface area (Å²) >= 11 is 2.96. The van der Waals surface area contributed by atoms with Gasteiger partial charge in [-0.25, -0.2) is 13.1 Å². The number of hydrogen-bond acceptors (Lipinski definition) is 5. The molecule has 0 amide bonds. The van der Waals surface area contributed by atoms with Gasteiger partial charge in [0.25, 0.3) is 0 Å². The van der Waals surface area contributed by atoms with Crippen LogP contribution in [0.4, 0.5) is 0 Å². The molecular formula is C12H16N2O2S3. The van der Waals surface area contributed by atoms with E-state index in [0.717, 1.165) is 16.7 Å². The van der Waals surface area contributed by atoms with E-state index in [1.165, 1.54) is 11.3 Å². The van der Waals surface area contributed by atoms with E-state index >= 15 is 0 Å². The predicted octanol–water partition coefficient (Wildman–Crippen LogP) is 2.36. The van der Waals surface area contributed by atoms with Crippen LogP contribution in [0.15, 0.2) is 21.0 Å². The summed E-state index contributed by atoms with van der Waals surface area (Å²) in [6.45, 7) is 4.32. The lowest BCUT2D eigenvalue weighted by molar-refractivity contribution is 0.580. The van der Waals surface area contributed by atoms with Crippen LogP contribution in [0.5, 0.6) is 0 Å². The van der Waals surface area contributed by atoms with Crippen molar-refractivity contribution in [3.8, 4) is 0 Å². The van der Waals surface area contributed by atoms with Crippen LogP contribution >= 0.6 is 22.7 Å². The molecule has 0 aliphatic rings. The topological polar surface area (TPSA) is 72.2 Å². The van der Waals surface area contributed by atoms with Gasteiger partial charge >= 0.3 is 0 Å². The Morgan fingerprint density at radius 1 is 1.21 bits per heavy atom. The minimum atomic E-state index is -3.50. The van der Waals surface area contributed by atoms with Gasteiger partial charge in [-0.15, -0.1) is 11.3 Å². The molecule has 0 atom stereocenters. The summed E-state index contributed by atoms with van der Waals surface area (Å²) in [5, 5.41) is 5.79. The summed E-state index contributed by atoms with van der Waals surface area (Å²) in [7, 11) is -3.50. The molecule has 2 aromatic heterocycles. The van der Waals surface area contributed by atoms with Crippen molar-refractivity contribution < 1.29 is 8.42 Å². The van der Waals surface area contributed by atoms with Gasteiger partial charge in [-0.2, -0.15) is 11.3 Å². The minimum Gasteiger partial charge on any atom is -0.326 e. The van der Waals surface area contributed by atoms with Crippen LogP contribution in [0.3, 0.4) is 0 Å². The zero-order valence-corrected chi connectivity index (χ0v) is 13.2. The molecule has 2 heterocycles. The summed E-state index contributed by atoms with van der Waals surface area (Å²) in [6, 6.07) is 0. The monoisotopic (exact) mass is 316 g/mol. The first-order valence-corrected chi connectivity index (χ1v) is 9.04. The van der Waals surface area contributed by atoms with Gasteiger partial charge in [0.05, 0.1) is 0 Å². The zero-order valence-electron chi connectivity index (χ0n) is 10.8. The van der Waals surface area contributed by atoms with Crippen LogP contribution < -0.4 is 10.5 Å². The van der Waals surface area contributed by atoms with E-state index in [9.17, 15) is 8.42 Å². The normalized spacial score (nSPS) is 11.9. The van der Waals surface area contributed by atoms with E-state index in [2.05, 4.69) is 4.72 Å². The molecule has 0 aromatic carbocycles. The third-order valence-corrected chi connectivity index (χ3v) is 6.65. The Hall–Kier alpha value is -0.730. The molecule has 7 heteroatoms. The Labute approximate surface area is 121 Å². The maximum Gasteiger partial charge on any atom is 0.242 e. The molecule has 0 radical (unpaired) electrons. The van der Waals surface area contributed by atoms with Crippen molar-refractivity contribution in [2.75, 3.05) is 0 Å². The minimum absolute atomic E-state index is 0.242. The Balaban J connectivity index is 2.23. The maximum absolute atomic E-state index is 12.3. The summed E-state index contributed by atoms with van der Waals surface area (Å²) in [5.74, 6) is 0. The second-order valence-electron chi connectivity index (χ2n) is 4.28. The largest absolute Gasteiger partial charge is 0.326 e. The van der Waals surface area contributed by atoms with Crippen LogP contribution in [0.2, 0.25) is 0 Å². The number of sulfonamides is 1. The summed E-state index contributed by atoms with van der Waals surface area (Å²) in [4.78, 5) is 1.04. The number of hydrogen-bond donors (Lipinski definition) is 2. The van der Waals surface area contributed by atoms with Crippen molar-refractivity contribution in [2.45, 2.75) is 31.8 Å². The van der Waals surface area contributed by atoms with Crippen LogP contribution in [0, 0.1) is 13.8 Å².